The van der Waals surface area contributed by atoms with Gasteiger partial charge in [0.25, 0.3) is 0 Å². The Balaban J connectivity index is 1.60. The van der Waals surface area contributed by atoms with Crippen molar-refractivity contribution in [3.63, 3.8) is 0 Å². The maximum Gasteiger partial charge on any atom is 0.0794 e. The first-order valence-corrected chi connectivity index (χ1v) is 7.38. The van der Waals surface area contributed by atoms with E-state index in [1.54, 1.807) is 11.3 Å². The van der Waals surface area contributed by atoms with Crippen LogP contribution in [0, 0.1) is 11.8 Å². The van der Waals surface area contributed by atoms with E-state index < -0.39 is 0 Å². The van der Waals surface area contributed by atoms with Gasteiger partial charge < -0.3 is 5.32 Å². The summed E-state index contributed by atoms with van der Waals surface area (Å²) in [6.07, 6.45) is 6.80. The van der Waals surface area contributed by atoms with Gasteiger partial charge in [-0.25, -0.2) is 4.98 Å². The Hall–Kier alpha value is -0.410. The second kappa shape index (κ2) is 6.36. The van der Waals surface area contributed by atoms with Crippen LogP contribution < -0.4 is 5.32 Å². The van der Waals surface area contributed by atoms with Gasteiger partial charge in [-0.3, -0.25) is 0 Å². The summed E-state index contributed by atoms with van der Waals surface area (Å²) in [5, 5.41) is 5.73. The van der Waals surface area contributed by atoms with E-state index in [1.807, 2.05) is 5.51 Å². The Morgan fingerprint density at radius 1 is 1.44 bits per heavy atom. The molecule has 0 aromatic carbocycles. The lowest BCUT2D eigenvalue weighted by molar-refractivity contribution is 0.248. The highest BCUT2D eigenvalue weighted by molar-refractivity contribution is 7.07. The highest BCUT2D eigenvalue weighted by Crippen LogP contribution is 2.28. The largest absolute Gasteiger partial charge is 0.316 e. The molecule has 0 amide bonds. The maximum atomic E-state index is 4.29. The number of rotatable bonds is 5. The molecule has 0 bridgehead atoms. The molecule has 3 heteroatoms. The van der Waals surface area contributed by atoms with Crippen LogP contribution in [-0.2, 0) is 6.42 Å². The number of nitrogens with zero attached hydrogens (tertiary/aromatic N) is 1. The van der Waals surface area contributed by atoms with Gasteiger partial charge in [0.05, 0.1) is 11.2 Å². The predicted molar refractivity (Wildman–Crippen MR) is 69.8 cm³/mol. The van der Waals surface area contributed by atoms with Crippen molar-refractivity contribution >= 4 is 11.3 Å². The lowest BCUT2D eigenvalue weighted by Gasteiger charge is -2.28. The van der Waals surface area contributed by atoms with E-state index in [-0.39, 0.29) is 0 Å². The molecule has 2 nitrogen and oxygen atoms in total. The summed E-state index contributed by atoms with van der Waals surface area (Å²) in [5.41, 5.74) is 3.15. The van der Waals surface area contributed by atoms with Gasteiger partial charge in [0.15, 0.2) is 0 Å². The number of nitrogens with one attached hydrogen (secondary N) is 1. The van der Waals surface area contributed by atoms with E-state index in [0.717, 1.165) is 24.8 Å². The maximum absolute atomic E-state index is 4.29. The van der Waals surface area contributed by atoms with Crippen molar-refractivity contribution in [2.45, 2.75) is 39.0 Å². The van der Waals surface area contributed by atoms with Gasteiger partial charge in [-0.2, -0.15) is 0 Å². The summed E-state index contributed by atoms with van der Waals surface area (Å²) in [6.45, 7) is 4.68. The van der Waals surface area contributed by atoms with Crippen LogP contribution in [0.2, 0.25) is 0 Å². The molecule has 0 spiro atoms. The van der Waals surface area contributed by atoms with Crippen LogP contribution in [0.1, 0.15) is 38.3 Å². The van der Waals surface area contributed by atoms with Gasteiger partial charge in [0.2, 0.25) is 0 Å². The van der Waals surface area contributed by atoms with Gasteiger partial charge in [-0.15, -0.1) is 11.3 Å². The molecule has 1 N–H and O–H groups in total. The number of hydrogen-bond donors (Lipinski definition) is 1. The second-order valence-electron chi connectivity index (χ2n) is 4.96. The van der Waals surface area contributed by atoms with E-state index >= 15 is 0 Å². The van der Waals surface area contributed by atoms with E-state index in [9.17, 15) is 0 Å². The molecular formula is C13H22N2S. The van der Waals surface area contributed by atoms with Crippen molar-refractivity contribution in [3.05, 3.63) is 16.6 Å². The van der Waals surface area contributed by atoms with Gasteiger partial charge >= 0.3 is 0 Å². The fourth-order valence-electron chi connectivity index (χ4n) is 2.56. The number of hydrogen-bond acceptors (Lipinski definition) is 3. The van der Waals surface area contributed by atoms with Crippen molar-refractivity contribution < 1.29 is 0 Å². The average Bonchev–Trinajstić information content (AvgIpc) is 2.79. The van der Waals surface area contributed by atoms with Crippen LogP contribution >= 0.6 is 11.3 Å². The minimum Gasteiger partial charge on any atom is -0.316 e. The quantitative estimate of drug-likeness (QED) is 0.797. The molecule has 1 aliphatic carbocycles. The predicted octanol–water partition coefficient (Wildman–Crippen LogP) is 3.10. The molecule has 0 saturated heterocycles. The van der Waals surface area contributed by atoms with Crippen LogP contribution in [0.4, 0.5) is 0 Å². The van der Waals surface area contributed by atoms with Crippen LogP contribution in [0.25, 0.3) is 0 Å². The number of aromatic nitrogens is 1. The summed E-state index contributed by atoms with van der Waals surface area (Å²) >= 11 is 1.69. The van der Waals surface area contributed by atoms with Crippen molar-refractivity contribution in [2.75, 3.05) is 13.1 Å². The summed E-state index contributed by atoms with van der Waals surface area (Å²) in [7, 11) is 0. The molecule has 1 saturated carbocycles. The van der Waals surface area contributed by atoms with Gasteiger partial charge in [-0.1, -0.05) is 26.2 Å². The van der Waals surface area contributed by atoms with Crippen molar-refractivity contribution in [1.29, 1.82) is 0 Å². The molecule has 1 aromatic rings. The third kappa shape index (κ3) is 3.56. The molecule has 0 aliphatic heterocycles. The van der Waals surface area contributed by atoms with Gasteiger partial charge in [0, 0.05) is 18.3 Å². The molecule has 2 rings (SSSR count). The van der Waals surface area contributed by atoms with Crippen LogP contribution in [0.5, 0.6) is 0 Å². The lowest BCUT2D eigenvalue weighted by atomic mass is 9.80. The summed E-state index contributed by atoms with van der Waals surface area (Å²) in [4.78, 5) is 4.29. The van der Waals surface area contributed by atoms with E-state index in [0.29, 0.717) is 0 Å². The zero-order valence-electron chi connectivity index (χ0n) is 10.1. The fourth-order valence-corrected chi connectivity index (χ4v) is 3.15. The van der Waals surface area contributed by atoms with Gasteiger partial charge in [-0.05, 0) is 24.8 Å². The Labute approximate surface area is 102 Å². The van der Waals surface area contributed by atoms with Crippen LogP contribution in [0.3, 0.4) is 0 Å². The van der Waals surface area contributed by atoms with Crippen molar-refractivity contribution in [3.8, 4) is 0 Å². The van der Waals surface area contributed by atoms with Crippen LogP contribution in [-0.4, -0.2) is 18.1 Å². The standard InChI is InChI=1S/C13H22N2S/c1-11-4-2-3-5-12(11)8-14-7-6-13-9-16-10-15-13/h9-12,14H,2-8H2,1H3. The molecule has 1 aromatic heterocycles. The average molecular weight is 238 g/mol. The first kappa shape index (κ1) is 12.1. The normalized spacial score (nSPS) is 25.8. The molecule has 2 unspecified atom stereocenters. The third-order valence-electron chi connectivity index (χ3n) is 3.74. The second-order valence-corrected chi connectivity index (χ2v) is 5.67. The minimum atomic E-state index is 0.907. The van der Waals surface area contributed by atoms with E-state index in [2.05, 4.69) is 22.6 Å². The summed E-state index contributed by atoms with van der Waals surface area (Å²) < 4.78 is 0. The van der Waals surface area contributed by atoms with E-state index in [4.69, 9.17) is 0 Å². The summed E-state index contributed by atoms with van der Waals surface area (Å²) in [6, 6.07) is 0. The first-order valence-electron chi connectivity index (χ1n) is 6.44. The molecule has 1 heterocycles. The minimum absolute atomic E-state index is 0.907. The zero-order chi connectivity index (χ0) is 11.2. The SMILES string of the molecule is CC1CCCCC1CNCCc1cscn1. The molecule has 90 valence electrons. The summed E-state index contributed by atoms with van der Waals surface area (Å²) in [5.74, 6) is 1.82. The van der Waals surface area contributed by atoms with Crippen LogP contribution in [0.15, 0.2) is 10.9 Å². The highest BCUT2D eigenvalue weighted by Gasteiger charge is 2.20. The molecule has 2 atom stereocenters. The Morgan fingerprint density at radius 2 is 2.31 bits per heavy atom. The topological polar surface area (TPSA) is 24.9 Å². The monoisotopic (exact) mass is 238 g/mol. The molecule has 0 radical (unpaired) electrons. The molecule has 16 heavy (non-hydrogen) atoms. The fraction of sp³-hybridized carbons (Fsp3) is 0.769. The number of thiazole rings is 1. The van der Waals surface area contributed by atoms with Crippen molar-refractivity contribution in [1.82, 2.24) is 10.3 Å². The molecular weight excluding hydrogens is 216 g/mol. The Bertz CT molecular complexity index is 284. The first-order chi connectivity index (χ1) is 7.86. The smallest absolute Gasteiger partial charge is 0.0794 e. The molecule has 1 fully saturated rings. The van der Waals surface area contributed by atoms with Gasteiger partial charge in [0.1, 0.15) is 0 Å². The Kier molecular flexibility index (Phi) is 4.79. The van der Waals surface area contributed by atoms with Crippen molar-refractivity contribution in [2.24, 2.45) is 11.8 Å². The van der Waals surface area contributed by atoms with E-state index in [1.165, 1.54) is 37.9 Å². The molecule has 1 aliphatic rings. The highest BCUT2D eigenvalue weighted by atomic mass is 32.1. The Morgan fingerprint density at radius 3 is 3.06 bits per heavy atom. The zero-order valence-corrected chi connectivity index (χ0v) is 10.9. The lowest BCUT2D eigenvalue weighted by Crippen LogP contribution is -2.30. The third-order valence-corrected chi connectivity index (χ3v) is 4.37.